The van der Waals surface area contributed by atoms with E-state index in [0.717, 1.165) is 6.42 Å². The lowest BCUT2D eigenvalue weighted by Gasteiger charge is -2.09. The van der Waals surface area contributed by atoms with Gasteiger partial charge in [0.25, 0.3) is 0 Å². The molecule has 1 aliphatic rings. The van der Waals surface area contributed by atoms with E-state index in [1.165, 1.54) is 6.07 Å². The maximum Gasteiger partial charge on any atom is 0.197 e. The van der Waals surface area contributed by atoms with Gasteiger partial charge in [-0.1, -0.05) is 5.16 Å². The predicted molar refractivity (Wildman–Crippen MR) is 61.9 cm³/mol. The van der Waals surface area contributed by atoms with Crippen LogP contribution >= 0.6 is 0 Å². The highest BCUT2D eigenvalue weighted by molar-refractivity contribution is 5.65. The zero-order valence-electron chi connectivity index (χ0n) is 9.48. The molecule has 0 unspecified atom stereocenters. The second-order valence-corrected chi connectivity index (χ2v) is 3.92. The number of hydrogen-bond acceptors (Lipinski definition) is 5. The summed E-state index contributed by atoms with van der Waals surface area (Å²) in [5.41, 5.74) is 5.70. The average Bonchev–Trinajstić information content (AvgIpc) is 2.65. The van der Waals surface area contributed by atoms with Crippen molar-refractivity contribution in [2.24, 2.45) is 0 Å². The summed E-state index contributed by atoms with van der Waals surface area (Å²) in [6.07, 6.45) is 0.721. The standard InChI is InChI=1S/C12H11FN2O3/c13-11-7(9-6-10(14)15-18-9)2-3-8-12(11)17-5-1-4-16-8/h2-3,6H,1,4-5H2,(H2,14,15). The van der Waals surface area contributed by atoms with Crippen molar-refractivity contribution in [3.63, 3.8) is 0 Å². The van der Waals surface area contributed by atoms with Gasteiger partial charge in [0, 0.05) is 12.5 Å². The highest BCUT2D eigenvalue weighted by Crippen LogP contribution is 2.38. The summed E-state index contributed by atoms with van der Waals surface area (Å²) in [7, 11) is 0. The maximum atomic E-state index is 14.3. The number of anilines is 1. The Labute approximate surface area is 102 Å². The van der Waals surface area contributed by atoms with Gasteiger partial charge in [0.1, 0.15) is 0 Å². The van der Waals surface area contributed by atoms with Crippen LogP contribution in [0.2, 0.25) is 0 Å². The molecule has 3 rings (SSSR count). The molecule has 1 aromatic heterocycles. The van der Waals surface area contributed by atoms with E-state index < -0.39 is 5.82 Å². The minimum Gasteiger partial charge on any atom is -0.489 e. The Hall–Kier alpha value is -2.24. The molecule has 2 heterocycles. The van der Waals surface area contributed by atoms with Crippen LogP contribution in [0.5, 0.6) is 11.5 Å². The first-order valence-corrected chi connectivity index (χ1v) is 5.56. The average molecular weight is 250 g/mol. The van der Waals surface area contributed by atoms with Crippen LogP contribution in [0.25, 0.3) is 11.3 Å². The molecule has 1 aromatic carbocycles. The van der Waals surface area contributed by atoms with Crippen molar-refractivity contribution in [3.8, 4) is 22.8 Å². The lowest BCUT2D eigenvalue weighted by atomic mass is 10.1. The van der Waals surface area contributed by atoms with E-state index in [1.54, 1.807) is 12.1 Å². The number of nitrogens with two attached hydrogens (primary N) is 1. The minimum absolute atomic E-state index is 0.111. The Morgan fingerprint density at radius 3 is 2.83 bits per heavy atom. The molecule has 6 heteroatoms. The zero-order chi connectivity index (χ0) is 12.5. The Balaban J connectivity index is 2.09. The molecule has 94 valence electrons. The van der Waals surface area contributed by atoms with Crippen LogP contribution in [0.15, 0.2) is 22.7 Å². The summed E-state index contributed by atoms with van der Waals surface area (Å²) in [6, 6.07) is 4.67. The van der Waals surface area contributed by atoms with E-state index in [1.807, 2.05) is 0 Å². The van der Waals surface area contributed by atoms with Crippen molar-refractivity contribution in [2.75, 3.05) is 18.9 Å². The van der Waals surface area contributed by atoms with E-state index in [-0.39, 0.29) is 22.9 Å². The van der Waals surface area contributed by atoms with Gasteiger partial charge in [0.15, 0.2) is 28.9 Å². The summed E-state index contributed by atoms with van der Waals surface area (Å²) in [6.45, 7) is 0.937. The summed E-state index contributed by atoms with van der Waals surface area (Å²) in [4.78, 5) is 0. The molecule has 0 bridgehead atoms. The number of rotatable bonds is 1. The molecule has 0 radical (unpaired) electrons. The van der Waals surface area contributed by atoms with Crippen LogP contribution < -0.4 is 15.2 Å². The van der Waals surface area contributed by atoms with Gasteiger partial charge in [0.2, 0.25) is 0 Å². The molecular formula is C12H11FN2O3. The Morgan fingerprint density at radius 2 is 2.06 bits per heavy atom. The first-order valence-electron chi connectivity index (χ1n) is 5.56. The van der Waals surface area contributed by atoms with Crippen LogP contribution in [0.4, 0.5) is 10.2 Å². The third-order valence-electron chi connectivity index (χ3n) is 2.65. The normalized spacial score (nSPS) is 14.3. The molecule has 0 aliphatic carbocycles. The Bertz CT molecular complexity index is 583. The second kappa shape index (κ2) is 4.21. The van der Waals surface area contributed by atoms with Gasteiger partial charge in [-0.3, -0.25) is 0 Å². The number of halogens is 1. The van der Waals surface area contributed by atoms with E-state index in [0.29, 0.717) is 19.0 Å². The number of ether oxygens (including phenoxy) is 2. The minimum atomic E-state index is -0.523. The SMILES string of the molecule is Nc1cc(-c2ccc3c(c2F)OCCCO3)on1. The monoisotopic (exact) mass is 250 g/mol. The van der Waals surface area contributed by atoms with Crippen LogP contribution in [-0.2, 0) is 0 Å². The summed E-state index contributed by atoms with van der Waals surface area (Å²) < 4.78 is 30.0. The molecule has 0 saturated heterocycles. The number of fused-ring (bicyclic) bond motifs is 1. The first-order chi connectivity index (χ1) is 8.75. The third-order valence-corrected chi connectivity index (χ3v) is 2.65. The Morgan fingerprint density at radius 1 is 1.22 bits per heavy atom. The van der Waals surface area contributed by atoms with Crippen LogP contribution in [-0.4, -0.2) is 18.4 Å². The Kier molecular flexibility index (Phi) is 2.55. The van der Waals surface area contributed by atoms with E-state index in [4.69, 9.17) is 19.7 Å². The molecule has 18 heavy (non-hydrogen) atoms. The van der Waals surface area contributed by atoms with Crippen molar-refractivity contribution < 1.29 is 18.4 Å². The van der Waals surface area contributed by atoms with Gasteiger partial charge >= 0.3 is 0 Å². The lowest BCUT2D eigenvalue weighted by Crippen LogP contribution is -1.98. The number of nitrogen functional groups attached to an aromatic ring is 1. The molecule has 5 nitrogen and oxygen atoms in total. The van der Waals surface area contributed by atoms with Crippen molar-refractivity contribution in [1.82, 2.24) is 5.16 Å². The zero-order valence-corrected chi connectivity index (χ0v) is 9.48. The predicted octanol–water partition coefficient (Wildman–Crippen LogP) is 2.22. The summed E-state index contributed by atoms with van der Waals surface area (Å²) in [5.74, 6) is 0.462. The molecule has 0 amide bonds. The molecule has 0 saturated carbocycles. The van der Waals surface area contributed by atoms with Crippen LogP contribution in [0, 0.1) is 5.82 Å². The number of nitrogens with zero attached hydrogens (tertiary/aromatic N) is 1. The van der Waals surface area contributed by atoms with E-state index >= 15 is 0 Å². The van der Waals surface area contributed by atoms with Crippen molar-refractivity contribution in [2.45, 2.75) is 6.42 Å². The molecule has 0 fully saturated rings. The number of benzene rings is 1. The van der Waals surface area contributed by atoms with E-state index in [2.05, 4.69) is 5.16 Å². The van der Waals surface area contributed by atoms with E-state index in [9.17, 15) is 4.39 Å². The third kappa shape index (κ3) is 1.75. The molecule has 0 spiro atoms. The van der Waals surface area contributed by atoms with Gasteiger partial charge in [-0.05, 0) is 12.1 Å². The summed E-state index contributed by atoms with van der Waals surface area (Å²) in [5, 5.41) is 3.53. The topological polar surface area (TPSA) is 70.5 Å². The maximum absolute atomic E-state index is 14.3. The highest BCUT2D eigenvalue weighted by atomic mass is 19.1. The fourth-order valence-electron chi connectivity index (χ4n) is 1.81. The van der Waals surface area contributed by atoms with Crippen molar-refractivity contribution in [3.05, 3.63) is 24.0 Å². The molecule has 0 atom stereocenters. The fraction of sp³-hybridized carbons (Fsp3) is 0.250. The quantitative estimate of drug-likeness (QED) is 0.840. The fourth-order valence-corrected chi connectivity index (χ4v) is 1.81. The van der Waals surface area contributed by atoms with Gasteiger partial charge in [-0.2, -0.15) is 0 Å². The molecule has 1 aliphatic heterocycles. The van der Waals surface area contributed by atoms with Gasteiger partial charge in [-0.25, -0.2) is 4.39 Å². The lowest BCUT2D eigenvalue weighted by molar-refractivity contribution is 0.292. The smallest absolute Gasteiger partial charge is 0.197 e. The molecule has 2 aromatic rings. The van der Waals surface area contributed by atoms with Gasteiger partial charge in [0.05, 0.1) is 18.8 Å². The molecule has 2 N–H and O–H groups in total. The van der Waals surface area contributed by atoms with Gasteiger partial charge < -0.3 is 19.7 Å². The number of aromatic nitrogens is 1. The number of hydrogen-bond donors (Lipinski definition) is 1. The van der Waals surface area contributed by atoms with Crippen LogP contribution in [0.1, 0.15) is 6.42 Å². The molecular weight excluding hydrogens is 239 g/mol. The van der Waals surface area contributed by atoms with Crippen molar-refractivity contribution >= 4 is 5.82 Å². The van der Waals surface area contributed by atoms with Crippen LogP contribution in [0.3, 0.4) is 0 Å². The largest absolute Gasteiger partial charge is 0.489 e. The second-order valence-electron chi connectivity index (χ2n) is 3.92. The highest BCUT2D eigenvalue weighted by Gasteiger charge is 2.21. The first kappa shape index (κ1) is 10.9. The van der Waals surface area contributed by atoms with Gasteiger partial charge in [-0.15, -0.1) is 0 Å². The summed E-state index contributed by atoms with van der Waals surface area (Å²) >= 11 is 0. The van der Waals surface area contributed by atoms with Crippen molar-refractivity contribution in [1.29, 1.82) is 0 Å².